The van der Waals surface area contributed by atoms with Gasteiger partial charge in [-0.15, -0.1) is 0 Å². The molecule has 2 saturated heterocycles. The molecule has 99 heavy (non-hydrogen) atoms. The normalized spacial score (nSPS) is 27.4. The molecule has 1 aliphatic carbocycles. The van der Waals surface area contributed by atoms with E-state index in [9.17, 15) is 74.9 Å². The predicted octanol–water partition coefficient (Wildman–Crippen LogP) is 11.4. The summed E-state index contributed by atoms with van der Waals surface area (Å²) in [5.74, 6) is -1.97. The Morgan fingerprint density at radius 3 is 0.990 bits per heavy atom. The van der Waals surface area contributed by atoms with Crippen LogP contribution in [0.3, 0.4) is 0 Å². The number of hydrogen-bond acceptors (Lipinski definition) is 23. The lowest BCUT2D eigenvalue weighted by molar-refractivity contribution is -0.360. The SMILES string of the molecule is CCCCCCCCCCCCCCCCCCCC(=O)OCC(COP(=O)(O)OC1C(OC2OC(CO)C(O)C(O)C2O)C(O)C(O)C(O)C1OC1OC(COC(=O)CCCCCCCCCCCCCCCCCC)C(O)C(O)C1O)OC(=O)CCCCCCCCCCCCC. The first-order valence-electron chi connectivity index (χ1n) is 39.3. The summed E-state index contributed by atoms with van der Waals surface area (Å²) >= 11 is 0. The second-order valence-corrected chi connectivity index (χ2v) is 29.8. The van der Waals surface area contributed by atoms with E-state index in [4.69, 9.17) is 42.2 Å². The van der Waals surface area contributed by atoms with Gasteiger partial charge in [-0.2, -0.15) is 0 Å². The molecular formula is C74H139O24P. The number of ether oxygens (including phenoxy) is 7. The van der Waals surface area contributed by atoms with Crippen molar-refractivity contribution in [2.45, 2.75) is 427 Å². The zero-order valence-electron chi connectivity index (χ0n) is 61.1. The highest BCUT2D eigenvalue weighted by molar-refractivity contribution is 7.47. The maximum absolute atomic E-state index is 14.3. The Bertz CT molecular complexity index is 2050. The van der Waals surface area contributed by atoms with Crippen molar-refractivity contribution in [2.24, 2.45) is 0 Å². The summed E-state index contributed by atoms with van der Waals surface area (Å²) in [7, 11) is -5.69. The van der Waals surface area contributed by atoms with Gasteiger partial charge in [-0.3, -0.25) is 23.4 Å². The second-order valence-electron chi connectivity index (χ2n) is 28.4. The third-order valence-electron chi connectivity index (χ3n) is 19.6. The molecule has 0 spiro atoms. The first kappa shape index (κ1) is 91.2. The second kappa shape index (κ2) is 56.3. The minimum absolute atomic E-state index is 0.0339. The fraction of sp³-hybridized carbons (Fsp3) is 0.959. The van der Waals surface area contributed by atoms with Gasteiger partial charge in [-0.05, 0) is 19.3 Å². The van der Waals surface area contributed by atoms with Crippen LogP contribution in [0.25, 0.3) is 0 Å². The Labute approximate surface area is 593 Å². The average Bonchev–Trinajstić information content (AvgIpc) is 0.762. The molecule has 3 rings (SSSR count). The van der Waals surface area contributed by atoms with Gasteiger partial charge in [0.2, 0.25) is 0 Å². The Balaban J connectivity index is 1.69. The van der Waals surface area contributed by atoms with Gasteiger partial charge in [-0.25, -0.2) is 4.57 Å². The molecule has 18 unspecified atom stereocenters. The highest BCUT2D eigenvalue weighted by Gasteiger charge is 2.58. The van der Waals surface area contributed by atoms with Crippen LogP contribution >= 0.6 is 7.82 Å². The molecule has 3 fully saturated rings. The summed E-state index contributed by atoms with van der Waals surface area (Å²) in [5, 5.41) is 110. The van der Waals surface area contributed by atoms with Crippen molar-refractivity contribution < 1.29 is 117 Å². The van der Waals surface area contributed by atoms with Crippen molar-refractivity contribution in [3.8, 4) is 0 Å². The number of rotatable bonds is 62. The first-order chi connectivity index (χ1) is 47.8. The molecule has 0 amide bonds. The van der Waals surface area contributed by atoms with Crippen LogP contribution in [0, 0.1) is 0 Å². The van der Waals surface area contributed by atoms with E-state index in [1.54, 1.807) is 0 Å². The molecular weight excluding hydrogens is 1300 g/mol. The van der Waals surface area contributed by atoms with E-state index in [-0.39, 0.29) is 19.3 Å². The molecule has 0 aromatic rings. The van der Waals surface area contributed by atoms with E-state index in [2.05, 4.69) is 20.8 Å². The lowest BCUT2D eigenvalue weighted by Crippen LogP contribution is -2.69. The molecule has 2 heterocycles. The van der Waals surface area contributed by atoms with Crippen molar-refractivity contribution in [2.75, 3.05) is 26.4 Å². The number of aliphatic hydroxyl groups excluding tert-OH is 10. The average molecular weight is 1440 g/mol. The van der Waals surface area contributed by atoms with Crippen molar-refractivity contribution in [3.63, 3.8) is 0 Å². The van der Waals surface area contributed by atoms with E-state index in [1.807, 2.05) is 0 Å². The van der Waals surface area contributed by atoms with Crippen LogP contribution in [0.5, 0.6) is 0 Å². The topological polar surface area (TPSA) is 374 Å². The van der Waals surface area contributed by atoms with Crippen LogP contribution in [0.1, 0.15) is 323 Å². The summed E-state index contributed by atoms with van der Waals surface area (Å²) in [6.45, 7) is 3.48. The molecule has 0 bridgehead atoms. The highest BCUT2D eigenvalue weighted by Crippen LogP contribution is 2.49. The van der Waals surface area contributed by atoms with Gasteiger partial charge in [-0.1, -0.05) is 284 Å². The van der Waals surface area contributed by atoms with Gasteiger partial charge in [0.1, 0.15) is 98.7 Å². The van der Waals surface area contributed by atoms with Gasteiger partial charge in [0, 0.05) is 19.3 Å². The minimum atomic E-state index is -5.69. The molecule has 3 aliphatic rings. The quantitative estimate of drug-likeness (QED) is 0.0117. The third kappa shape index (κ3) is 39.2. The molecule has 2 aliphatic heterocycles. The van der Waals surface area contributed by atoms with Crippen molar-refractivity contribution >= 4 is 25.7 Å². The van der Waals surface area contributed by atoms with E-state index < -0.39 is 156 Å². The number of phosphoric acid groups is 1. The van der Waals surface area contributed by atoms with Crippen molar-refractivity contribution in [1.82, 2.24) is 0 Å². The molecule has 0 radical (unpaired) electrons. The highest BCUT2D eigenvalue weighted by atomic mass is 31.2. The Morgan fingerprint density at radius 2 is 0.646 bits per heavy atom. The zero-order valence-corrected chi connectivity index (χ0v) is 61.9. The van der Waals surface area contributed by atoms with Crippen LogP contribution in [0.15, 0.2) is 0 Å². The van der Waals surface area contributed by atoms with Crippen LogP contribution in [-0.4, -0.2) is 204 Å². The molecule has 18 atom stereocenters. The molecule has 24 nitrogen and oxygen atoms in total. The summed E-state index contributed by atoms with van der Waals surface area (Å²) in [6, 6.07) is 0. The van der Waals surface area contributed by atoms with Crippen LogP contribution in [0.4, 0.5) is 0 Å². The predicted molar refractivity (Wildman–Crippen MR) is 375 cm³/mol. The Hall–Kier alpha value is -2.04. The van der Waals surface area contributed by atoms with Crippen molar-refractivity contribution in [1.29, 1.82) is 0 Å². The van der Waals surface area contributed by atoms with E-state index in [0.29, 0.717) is 19.3 Å². The van der Waals surface area contributed by atoms with Crippen LogP contribution < -0.4 is 0 Å². The van der Waals surface area contributed by atoms with Gasteiger partial charge in [0.05, 0.1) is 13.2 Å². The zero-order chi connectivity index (χ0) is 72.5. The molecule has 11 N–H and O–H groups in total. The molecule has 584 valence electrons. The number of carbonyl (C=O) groups is 3. The Kier molecular flexibility index (Phi) is 51.9. The van der Waals surface area contributed by atoms with Crippen LogP contribution in [0.2, 0.25) is 0 Å². The molecule has 0 aromatic carbocycles. The monoisotopic (exact) mass is 1440 g/mol. The van der Waals surface area contributed by atoms with Crippen LogP contribution in [-0.2, 0) is 61.2 Å². The van der Waals surface area contributed by atoms with Gasteiger partial charge >= 0.3 is 25.7 Å². The van der Waals surface area contributed by atoms with E-state index in [0.717, 1.165) is 89.9 Å². The Morgan fingerprint density at radius 1 is 0.354 bits per heavy atom. The standard InChI is InChI=1S/C74H139O24P/c1-4-7-10-13-16-19-22-24-26-28-30-32-34-36-39-42-45-48-58(76)90-52-55(93-60(78)50-47-44-41-38-33-21-18-15-12-9-6-3)53-92-99(88,89)98-72-70(96-73-68(86)63(81)61(79)56(51-75)94-73)66(84)65(83)67(85)71(72)97-74-69(87)64(82)62(80)57(95-74)54-91-59(77)49-46-43-40-37-35-31-29-27-25-23-20-17-14-11-8-5-2/h55-57,61-75,79-87H,4-54H2,1-3H3,(H,88,89). The molecule has 1 saturated carbocycles. The van der Waals surface area contributed by atoms with Gasteiger partial charge < -0.3 is 89.1 Å². The maximum atomic E-state index is 14.3. The number of phosphoric ester groups is 1. The van der Waals surface area contributed by atoms with E-state index >= 15 is 0 Å². The van der Waals surface area contributed by atoms with E-state index in [1.165, 1.54) is 173 Å². The first-order valence-corrected chi connectivity index (χ1v) is 40.8. The smallest absolute Gasteiger partial charge is 0.463 e. The van der Waals surface area contributed by atoms with Gasteiger partial charge in [0.25, 0.3) is 0 Å². The summed E-state index contributed by atoms with van der Waals surface area (Å²) in [4.78, 5) is 51.0. The lowest BCUT2D eigenvalue weighted by Gasteiger charge is -2.49. The molecule has 0 aromatic heterocycles. The summed E-state index contributed by atoms with van der Waals surface area (Å²) < 4.78 is 65.1. The number of carbonyl (C=O) groups excluding carboxylic acids is 3. The number of esters is 3. The largest absolute Gasteiger partial charge is 0.472 e. The third-order valence-corrected chi connectivity index (χ3v) is 20.6. The fourth-order valence-corrected chi connectivity index (χ4v) is 14.2. The fourth-order valence-electron chi connectivity index (χ4n) is 13.2. The number of aliphatic hydroxyl groups is 10. The summed E-state index contributed by atoms with van der Waals surface area (Å²) in [5.41, 5.74) is 0. The minimum Gasteiger partial charge on any atom is -0.463 e. The summed E-state index contributed by atoms with van der Waals surface area (Å²) in [6.07, 6.45) is 14.5. The number of unbranched alkanes of at least 4 members (excludes halogenated alkanes) is 41. The molecule has 25 heteroatoms. The van der Waals surface area contributed by atoms with Gasteiger partial charge in [0.15, 0.2) is 18.7 Å². The van der Waals surface area contributed by atoms with Crippen molar-refractivity contribution in [3.05, 3.63) is 0 Å². The number of hydrogen-bond donors (Lipinski definition) is 11. The lowest BCUT2D eigenvalue weighted by atomic mass is 9.84. The maximum Gasteiger partial charge on any atom is 0.472 e.